The number of carbonyl (C=O) groups is 1. The molecule has 2 rings (SSSR count). The smallest absolute Gasteiger partial charge is 0.295 e. The molecule has 7 heteroatoms. The van der Waals surface area contributed by atoms with E-state index in [2.05, 4.69) is 0 Å². The van der Waals surface area contributed by atoms with E-state index in [4.69, 9.17) is 0 Å². The minimum atomic E-state index is -0.543. The first-order chi connectivity index (χ1) is 11.5. The fourth-order valence-electron chi connectivity index (χ4n) is 2.31. The van der Waals surface area contributed by atoms with Gasteiger partial charge in [0.05, 0.1) is 14.7 Å². The number of phenolic OH excluding ortho intramolecular Hbond substituents is 1. The van der Waals surface area contributed by atoms with Gasteiger partial charge >= 0.3 is 0 Å². The quantitative estimate of drug-likeness (QED) is 0.633. The van der Waals surface area contributed by atoms with Gasteiger partial charge in [-0.05, 0) is 38.1 Å². The molecule has 0 radical (unpaired) electrons. The van der Waals surface area contributed by atoms with Gasteiger partial charge in [-0.2, -0.15) is 0 Å². The van der Waals surface area contributed by atoms with Crippen molar-refractivity contribution in [2.24, 2.45) is 0 Å². The van der Waals surface area contributed by atoms with E-state index in [9.17, 15) is 20.0 Å². The van der Waals surface area contributed by atoms with Crippen LogP contribution in [0.5, 0.6) is 5.75 Å². The summed E-state index contributed by atoms with van der Waals surface area (Å²) in [5.41, 5.74) is -0.174. The Hall–Kier alpha value is -2.54. The van der Waals surface area contributed by atoms with Crippen LogP contribution in [0.2, 0.25) is 0 Å². The van der Waals surface area contributed by atoms with Crippen molar-refractivity contribution in [2.75, 3.05) is 13.1 Å². The molecule has 0 aromatic heterocycles. The number of nitrogens with zero attached hydrogens (tertiary/aromatic N) is 2. The van der Waals surface area contributed by atoms with Gasteiger partial charge in [0, 0.05) is 13.1 Å². The lowest BCUT2D eigenvalue weighted by Crippen LogP contribution is -2.31. The largest absolute Gasteiger partial charge is 0.507 e. The van der Waals surface area contributed by atoms with Gasteiger partial charge in [0.1, 0.15) is 11.3 Å². The Morgan fingerprint density at radius 1 is 1.12 bits per heavy atom. The number of nitro groups is 1. The van der Waals surface area contributed by atoms with E-state index in [-0.39, 0.29) is 22.9 Å². The van der Waals surface area contributed by atoms with Gasteiger partial charge in [-0.25, -0.2) is 0 Å². The van der Waals surface area contributed by atoms with Gasteiger partial charge in [0.2, 0.25) is 0 Å². The molecule has 1 N–H and O–H groups in total. The summed E-state index contributed by atoms with van der Waals surface area (Å²) >= 11 is 1.07. The molecule has 6 nitrogen and oxygen atoms in total. The maximum absolute atomic E-state index is 12.6. The van der Waals surface area contributed by atoms with Crippen molar-refractivity contribution >= 4 is 23.4 Å². The topological polar surface area (TPSA) is 83.7 Å². The first-order valence-electron chi connectivity index (χ1n) is 7.52. The third-order valence-electron chi connectivity index (χ3n) is 3.55. The fraction of sp³-hybridized carbons (Fsp3) is 0.235. The molecule has 2 aromatic carbocycles. The zero-order valence-corrected chi connectivity index (χ0v) is 14.2. The fourth-order valence-corrected chi connectivity index (χ4v) is 3.29. The van der Waals surface area contributed by atoms with Gasteiger partial charge in [0.15, 0.2) is 0 Å². The molecule has 0 atom stereocenters. The average molecular weight is 346 g/mol. The number of nitro benzene ring substituents is 1. The summed E-state index contributed by atoms with van der Waals surface area (Å²) in [4.78, 5) is 26.0. The van der Waals surface area contributed by atoms with Crippen LogP contribution in [0.3, 0.4) is 0 Å². The highest BCUT2D eigenvalue weighted by molar-refractivity contribution is 7.99. The van der Waals surface area contributed by atoms with Crippen molar-refractivity contribution in [3.05, 3.63) is 58.1 Å². The second kappa shape index (κ2) is 7.83. The van der Waals surface area contributed by atoms with Crippen LogP contribution in [0.1, 0.15) is 24.2 Å². The number of benzene rings is 2. The molecule has 0 aliphatic heterocycles. The third-order valence-corrected chi connectivity index (χ3v) is 4.66. The van der Waals surface area contributed by atoms with E-state index in [0.717, 1.165) is 11.8 Å². The Morgan fingerprint density at radius 2 is 1.75 bits per heavy atom. The van der Waals surface area contributed by atoms with Gasteiger partial charge < -0.3 is 10.0 Å². The van der Waals surface area contributed by atoms with E-state index in [1.165, 1.54) is 17.0 Å². The number of rotatable bonds is 6. The molecule has 2 aromatic rings. The summed E-state index contributed by atoms with van der Waals surface area (Å²) < 4.78 is 0. The monoisotopic (exact) mass is 346 g/mol. The number of carbonyl (C=O) groups excluding carboxylic acids is 1. The van der Waals surface area contributed by atoms with Crippen molar-refractivity contribution < 1.29 is 14.8 Å². The summed E-state index contributed by atoms with van der Waals surface area (Å²) in [5.74, 6) is -0.330. The number of aromatic hydroxyl groups is 1. The second-order valence-electron chi connectivity index (χ2n) is 4.96. The summed E-state index contributed by atoms with van der Waals surface area (Å²) in [6, 6.07) is 11.3. The molecule has 0 unspecified atom stereocenters. The van der Waals surface area contributed by atoms with E-state index in [0.29, 0.717) is 22.9 Å². The predicted octanol–water partition coefficient (Wildman–Crippen LogP) is 3.93. The zero-order chi connectivity index (χ0) is 17.7. The van der Waals surface area contributed by atoms with Crippen LogP contribution in [0, 0.1) is 10.1 Å². The van der Waals surface area contributed by atoms with Crippen LogP contribution >= 0.6 is 11.8 Å². The number of hydrogen-bond donors (Lipinski definition) is 1. The molecule has 24 heavy (non-hydrogen) atoms. The standard InChI is InChI=1S/C17H18N2O4S/c1-3-18(4-2)17(21)12-8-7-11-15(16(12)19(22)23)24-14-10-6-5-9-13(14)20/h5-11,20H,3-4H2,1-2H3. The zero-order valence-electron chi connectivity index (χ0n) is 13.4. The Morgan fingerprint density at radius 3 is 2.33 bits per heavy atom. The molecule has 0 saturated carbocycles. The Kier molecular flexibility index (Phi) is 5.81. The number of hydrogen-bond acceptors (Lipinski definition) is 5. The first kappa shape index (κ1) is 17.8. The molecule has 0 bridgehead atoms. The van der Waals surface area contributed by atoms with E-state index in [1.54, 1.807) is 30.3 Å². The minimum absolute atomic E-state index is 0.0391. The van der Waals surface area contributed by atoms with Gasteiger partial charge in [0.25, 0.3) is 11.6 Å². The first-order valence-corrected chi connectivity index (χ1v) is 8.33. The lowest BCUT2D eigenvalue weighted by molar-refractivity contribution is -0.388. The molecule has 0 heterocycles. The van der Waals surface area contributed by atoms with E-state index in [1.807, 2.05) is 13.8 Å². The van der Waals surface area contributed by atoms with Crippen LogP contribution in [0.15, 0.2) is 52.3 Å². The molecular weight excluding hydrogens is 328 g/mol. The molecule has 126 valence electrons. The van der Waals surface area contributed by atoms with E-state index >= 15 is 0 Å². The van der Waals surface area contributed by atoms with Crippen molar-refractivity contribution in [3.8, 4) is 5.75 Å². The molecule has 0 saturated heterocycles. The molecule has 0 spiro atoms. The molecule has 0 fully saturated rings. The highest BCUT2D eigenvalue weighted by Crippen LogP contribution is 2.40. The van der Waals surface area contributed by atoms with E-state index < -0.39 is 4.92 Å². The number of phenols is 1. The summed E-state index contributed by atoms with van der Waals surface area (Å²) in [7, 11) is 0. The summed E-state index contributed by atoms with van der Waals surface area (Å²) in [6.45, 7) is 4.61. The van der Waals surface area contributed by atoms with Crippen LogP contribution < -0.4 is 0 Å². The normalized spacial score (nSPS) is 10.4. The highest BCUT2D eigenvalue weighted by Gasteiger charge is 2.27. The number of amides is 1. The maximum atomic E-state index is 12.6. The minimum Gasteiger partial charge on any atom is -0.507 e. The molecule has 0 aliphatic carbocycles. The SMILES string of the molecule is CCN(CC)C(=O)c1cccc(Sc2ccccc2O)c1[N+](=O)[O-]. The van der Waals surface area contributed by atoms with Crippen molar-refractivity contribution in [1.29, 1.82) is 0 Å². The lowest BCUT2D eigenvalue weighted by atomic mass is 10.1. The van der Waals surface area contributed by atoms with Gasteiger partial charge in [-0.1, -0.05) is 30.0 Å². The van der Waals surface area contributed by atoms with Crippen LogP contribution in [0.4, 0.5) is 5.69 Å². The number of para-hydroxylation sites is 2. The summed E-state index contributed by atoms with van der Waals surface area (Å²) in [6.07, 6.45) is 0. The summed E-state index contributed by atoms with van der Waals surface area (Å²) in [5, 5.41) is 21.5. The van der Waals surface area contributed by atoms with Gasteiger partial charge in [-0.15, -0.1) is 0 Å². The van der Waals surface area contributed by atoms with Crippen LogP contribution in [0.25, 0.3) is 0 Å². The second-order valence-corrected chi connectivity index (χ2v) is 6.04. The maximum Gasteiger partial charge on any atom is 0.295 e. The molecular formula is C17H18N2O4S. The Bertz CT molecular complexity index is 760. The Labute approximate surface area is 144 Å². The predicted molar refractivity (Wildman–Crippen MR) is 92.6 cm³/mol. The van der Waals surface area contributed by atoms with Crippen molar-refractivity contribution in [1.82, 2.24) is 4.90 Å². The van der Waals surface area contributed by atoms with Crippen LogP contribution in [-0.2, 0) is 0 Å². The molecule has 1 amide bonds. The van der Waals surface area contributed by atoms with Gasteiger partial charge in [-0.3, -0.25) is 14.9 Å². The lowest BCUT2D eigenvalue weighted by Gasteiger charge is -2.19. The third kappa shape index (κ3) is 3.68. The Balaban J connectivity index is 2.50. The van der Waals surface area contributed by atoms with Crippen molar-refractivity contribution in [3.63, 3.8) is 0 Å². The highest BCUT2D eigenvalue weighted by atomic mass is 32.2. The average Bonchev–Trinajstić information content (AvgIpc) is 2.57. The van der Waals surface area contributed by atoms with Crippen LogP contribution in [-0.4, -0.2) is 33.9 Å². The van der Waals surface area contributed by atoms with Crippen molar-refractivity contribution in [2.45, 2.75) is 23.6 Å². The molecule has 0 aliphatic rings.